The summed E-state index contributed by atoms with van der Waals surface area (Å²) in [5.41, 5.74) is 0.741. The Morgan fingerprint density at radius 3 is 2.24 bits per heavy atom. The summed E-state index contributed by atoms with van der Waals surface area (Å²) >= 11 is 0. The van der Waals surface area contributed by atoms with Crippen molar-refractivity contribution in [2.45, 2.75) is 20.8 Å². The van der Waals surface area contributed by atoms with Crippen LogP contribution < -0.4 is 10.1 Å². The van der Waals surface area contributed by atoms with Gasteiger partial charge in [0.2, 0.25) is 5.91 Å². The van der Waals surface area contributed by atoms with Crippen molar-refractivity contribution in [1.29, 1.82) is 0 Å². The predicted molar refractivity (Wildman–Crippen MR) is 62.1 cm³/mol. The van der Waals surface area contributed by atoms with Crippen LogP contribution in [0.4, 0.5) is 5.69 Å². The van der Waals surface area contributed by atoms with E-state index in [2.05, 4.69) is 5.32 Å². The normalized spacial score (nSPS) is 9.59. The van der Waals surface area contributed by atoms with Gasteiger partial charge in [-0.25, -0.2) is 0 Å². The molecule has 0 spiro atoms. The molecule has 0 aliphatic rings. The number of hydrogen-bond donors (Lipinski definition) is 1. The van der Waals surface area contributed by atoms with Gasteiger partial charge >= 0.3 is 5.97 Å². The van der Waals surface area contributed by atoms with Crippen molar-refractivity contribution in [3.8, 4) is 5.75 Å². The van der Waals surface area contributed by atoms with E-state index in [0.29, 0.717) is 11.3 Å². The molecule has 90 valence electrons. The molecule has 5 nitrogen and oxygen atoms in total. The van der Waals surface area contributed by atoms with Crippen LogP contribution in [-0.2, 0) is 9.59 Å². The van der Waals surface area contributed by atoms with Crippen molar-refractivity contribution >= 4 is 23.3 Å². The molecule has 1 aromatic rings. The summed E-state index contributed by atoms with van der Waals surface area (Å²) < 4.78 is 4.92. The van der Waals surface area contributed by atoms with Crippen LogP contribution in [0.3, 0.4) is 0 Å². The first kappa shape index (κ1) is 12.9. The van der Waals surface area contributed by atoms with Gasteiger partial charge < -0.3 is 10.1 Å². The van der Waals surface area contributed by atoms with E-state index in [1.54, 1.807) is 0 Å². The number of amides is 1. The maximum Gasteiger partial charge on any atom is 0.308 e. The van der Waals surface area contributed by atoms with E-state index in [0.717, 1.165) is 0 Å². The lowest BCUT2D eigenvalue weighted by Gasteiger charge is -2.10. The fraction of sp³-hybridized carbons (Fsp3) is 0.250. The van der Waals surface area contributed by atoms with Gasteiger partial charge in [0.1, 0.15) is 0 Å². The fourth-order valence-corrected chi connectivity index (χ4v) is 1.28. The number of ketones is 1. The molecule has 5 heteroatoms. The van der Waals surface area contributed by atoms with E-state index in [4.69, 9.17) is 4.74 Å². The lowest BCUT2D eigenvalue weighted by Crippen LogP contribution is -2.10. The Kier molecular flexibility index (Phi) is 3.98. The molecule has 0 fully saturated rings. The summed E-state index contributed by atoms with van der Waals surface area (Å²) in [4.78, 5) is 33.1. The number of ether oxygens (including phenoxy) is 1. The molecule has 0 aliphatic carbocycles. The first-order valence-electron chi connectivity index (χ1n) is 5.01. The van der Waals surface area contributed by atoms with Crippen molar-refractivity contribution in [2.75, 3.05) is 5.32 Å². The molecule has 0 saturated carbocycles. The van der Waals surface area contributed by atoms with Crippen LogP contribution in [0.1, 0.15) is 31.1 Å². The van der Waals surface area contributed by atoms with Crippen molar-refractivity contribution in [3.05, 3.63) is 23.8 Å². The summed E-state index contributed by atoms with van der Waals surface area (Å²) in [7, 11) is 0. The minimum Gasteiger partial charge on any atom is -0.424 e. The van der Waals surface area contributed by atoms with Crippen LogP contribution >= 0.6 is 0 Å². The standard InChI is InChI=1S/C12H13NO4/c1-7(14)10-4-5-12(17-9(3)16)11(6-10)13-8(2)15/h4-6H,1-3H3,(H,13,15). The van der Waals surface area contributed by atoms with Crippen LogP contribution in [0.2, 0.25) is 0 Å². The second-order valence-corrected chi connectivity index (χ2v) is 3.54. The maximum atomic E-state index is 11.2. The number of carbonyl (C=O) groups is 3. The molecular weight excluding hydrogens is 222 g/mol. The number of Topliss-reactive ketones (excluding diaryl/α,β-unsaturated/α-hetero) is 1. The summed E-state index contributed by atoms with van der Waals surface area (Å²) in [5, 5.41) is 2.51. The molecule has 0 bridgehead atoms. The van der Waals surface area contributed by atoms with E-state index in [1.807, 2.05) is 0 Å². The predicted octanol–water partition coefficient (Wildman–Crippen LogP) is 1.77. The topological polar surface area (TPSA) is 72.5 Å². The van der Waals surface area contributed by atoms with Gasteiger partial charge in [0.15, 0.2) is 11.5 Å². The number of rotatable bonds is 3. The van der Waals surface area contributed by atoms with Gasteiger partial charge in [-0.05, 0) is 25.1 Å². The highest BCUT2D eigenvalue weighted by molar-refractivity contribution is 5.98. The van der Waals surface area contributed by atoms with E-state index >= 15 is 0 Å². The van der Waals surface area contributed by atoms with E-state index in [-0.39, 0.29) is 17.4 Å². The Hall–Kier alpha value is -2.17. The monoisotopic (exact) mass is 235 g/mol. The Bertz CT molecular complexity index is 479. The van der Waals surface area contributed by atoms with Gasteiger partial charge in [-0.2, -0.15) is 0 Å². The summed E-state index contributed by atoms with van der Waals surface area (Å²) in [6, 6.07) is 4.48. The third kappa shape index (κ3) is 3.71. The molecule has 0 aromatic heterocycles. The van der Waals surface area contributed by atoms with Crippen LogP contribution in [0.15, 0.2) is 18.2 Å². The lowest BCUT2D eigenvalue weighted by atomic mass is 10.1. The molecular formula is C12H13NO4. The number of hydrogen-bond acceptors (Lipinski definition) is 4. The fourth-order valence-electron chi connectivity index (χ4n) is 1.28. The second kappa shape index (κ2) is 5.25. The highest BCUT2D eigenvalue weighted by atomic mass is 16.5. The SMILES string of the molecule is CC(=O)Nc1cc(C(C)=O)ccc1OC(C)=O. The lowest BCUT2D eigenvalue weighted by molar-refractivity contribution is -0.131. The second-order valence-electron chi connectivity index (χ2n) is 3.54. The Labute approximate surface area is 98.8 Å². The molecule has 0 unspecified atom stereocenters. The van der Waals surface area contributed by atoms with Gasteiger partial charge in [0.05, 0.1) is 5.69 Å². The van der Waals surface area contributed by atoms with Crippen molar-refractivity contribution < 1.29 is 19.1 Å². The smallest absolute Gasteiger partial charge is 0.308 e. The first-order valence-corrected chi connectivity index (χ1v) is 5.01. The zero-order valence-electron chi connectivity index (χ0n) is 9.87. The summed E-state index contributed by atoms with van der Waals surface area (Å²) in [6.07, 6.45) is 0. The largest absolute Gasteiger partial charge is 0.424 e. The zero-order chi connectivity index (χ0) is 13.0. The van der Waals surface area contributed by atoms with Gasteiger partial charge in [-0.3, -0.25) is 14.4 Å². The molecule has 1 aromatic carbocycles. The third-order valence-electron chi connectivity index (χ3n) is 1.95. The Morgan fingerprint density at radius 2 is 1.76 bits per heavy atom. The highest BCUT2D eigenvalue weighted by Crippen LogP contribution is 2.26. The van der Waals surface area contributed by atoms with E-state index < -0.39 is 5.97 Å². The number of benzene rings is 1. The molecule has 0 aliphatic heterocycles. The van der Waals surface area contributed by atoms with Gasteiger partial charge in [0, 0.05) is 19.4 Å². The van der Waals surface area contributed by atoms with Crippen LogP contribution in [0.5, 0.6) is 5.75 Å². The summed E-state index contributed by atoms with van der Waals surface area (Å²) in [5.74, 6) is -0.713. The minimum atomic E-state index is -0.493. The minimum absolute atomic E-state index is 0.133. The Balaban J connectivity index is 3.15. The molecule has 0 radical (unpaired) electrons. The number of anilines is 1. The molecule has 1 amide bonds. The van der Waals surface area contributed by atoms with E-state index in [1.165, 1.54) is 39.0 Å². The average Bonchev–Trinajstić information content (AvgIpc) is 2.18. The van der Waals surface area contributed by atoms with Gasteiger partial charge in [0.25, 0.3) is 0 Å². The molecule has 0 atom stereocenters. The molecule has 0 heterocycles. The van der Waals surface area contributed by atoms with Crippen LogP contribution in [0, 0.1) is 0 Å². The van der Waals surface area contributed by atoms with Crippen molar-refractivity contribution in [1.82, 2.24) is 0 Å². The highest BCUT2D eigenvalue weighted by Gasteiger charge is 2.10. The van der Waals surface area contributed by atoms with E-state index in [9.17, 15) is 14.4 Å². The maximum absolute atomic E-state index is 11.2. The molecule has 1 N–H and O–H groups in total. The number of esters is 1. The van der Waals surface area contributed by atoms with Crippen LogP contribution in [0.25, 0.3) is 0 Å². The van der Waals surface area contributed by atoms with Gasteiger partial charge in [-0.15, -0.1) is 0 Å². The average molecular weight is 235 g/mol. The van der Waals surface area contributed by atoms with Crippen molar-refractivity contribution in [2.24, 2.45) is 0 Å². The molecule has 1 rings (SSSR count). The molecule has 0 saturated heterocycles. The quantitative estimate of drug-likeness (QED) is 0.492. The number of nitrogens with one attached hydrogen (secondary N) is 1. The summed E-state index contributed by atoms with van der Waals surface area (Å²) in [6.45, 7) is 4.01. The Morgan fingerprint density at radius 1 is 1.12 bits per heavy atom. The van der Waals surface area contributed by atoms with Crippen LogP contribution in [-0.4, -0.2) is 17.7 Å². The molecule has 17 heavy (non-hydrogen) atoms. The van der Waals surface area contributed by atoms with Crippen molar-refractivity contribution in [3.63, 3.8) is 0 Å². The van der Waals surface area contributed by atoms with Gasteiger partial charge in [-0.1, -0.05) is 0 Å². The first-order chi connectivity index (χ1) is 7.90. The number of carbonyl (C=O) groups excluding carboxylic acids is 3. The zero-order valence-corrected chi connectivity index (χ0v) is 9.87. The third-order valence-corrected chi connectivity index (χ3v) is 1.95.